The van der Waals surface area contributed by atoms with Crippen molar-refractivity contribution in [2.75, 3.05) is 33.0 Å². The van der Waals surface area contributed by atoms with Crippen molar-refractivity contribution in [1.29, 1.82) is 0 Å². The first-order chi connectivity index (χ1) is 9.72. The van der Waals surface area contributed by atoms with Crippen LogP contribution in [0.1, 0.15) is 6.92 Å². The number of nitrogens with zero attached hydrogens (tertiary/aromatic N) is 2. The summed E-state index contributed by atoms with van der Waals surface area (Å²) in [5.74, 6) is -1.09. The van der Waals surface area contributed by atoms with Gasteiger partial charge >= 0.3 is 0 Å². The largest absolute Gasteiger partial charge is 0.348 e. The number of carbonyl (C=O) groups excluding carboxylic acids is 2. The van der Waals surface area contributed by atoms with Crippen LogP contribution in [0, 0.1) is 5.82 Å². The summed E-state index contributed by atoms with van der Waals surface area (Å²) in [6.45, 7) is 1.74. The quantitative estimate of drug-likeness (QED) is 0.902. The topological polar surface area (TPSA) is 52.7 Å². The minimum atomic E-state index is -0.590. The number of benzene rings is 1. The molecule has 116 valence electrons. The summed E-state index contributed by atoms with van der Waals surface area (Å²) in [7, 11) is 4.94. The van der Waals surface area contributed by atoms with Gasteiger partial charge in [-0.1, -0.05) is 11.6 Å². The van der Waals surface area contributed by atoms with Gasteiger partial charge in [0.1, 0.15) is 5.82 Å². The smallest absolute Gasteiger partial charge is 0.241 e. The molecule has 1 aromatic rings. The van der Waals surface area contributed by atoms with Crippen LogP contribution >= 0.6 is 11.6 Å². The molecule has 21 heavy (non-hydrogen) atoms. The summed E-state index contributed by atoms with van der Waals surface area (Å²) in [4.78, 5) is 26.7. The molecule has 0 aromatic heterocycles. The highest BCUT2D eigenvalue weighted by Gasteiger charge is 2.21. The number of hydrogen-bond donors (Lipinski definition) is 1. The van der Waals surface area contributed by atoms with E-state index >= 15 is 0 Å². The molecule has 1 unspecified atom stereocenters. The molecule has 0 radical (unpaired) electrons. The second-order valence-corrected chi connectivity index (χ2v) is 5.43. The van der Waals surface area contributed by atoms with Gasteiger partial charge in [-0.2, -0.15) is 0 Å². The summed E-state index contributed by atoms with van der Waals surface area (Å²) in [6.07, 6.45) is 0. The summed E-state index contributed by atoms with van der Waals surface area (Å²) in [5.41, 5.74) is 0.0201. The Morgan fingerprint density at radius 1 is 1.33 bits per heavy atom. The van der Waals surface area contributed by atoms with Gasteiger partial charge in [-0.15, -0.1) is 0 Å². The van der Waals surface area contributed by atoms with E-state index in [1.165, 1.54) is 23.1 Å². The molecule has 1 atom stereocenters. The van der Waals surface area contributed by atoms with Crippen LogP contribution in [0.3, 0.4) is 0 Å². The van der Waals surface area contributed by atoms with Gasteiger partial charge in [-0.05, 0) is 32.2 Å². The van der Waals surface area contributed by atoms with Crippen molar-refractivity contribution >= 4 is 29.1 Å². The van der Waals surface area contributed by atoms with Crippen LogP contribution in [0.25, 0.3) is 0 Å². The van der Waals surface area contributed by atoms with E-state index in [9.17, 15) is 14.0 Å². The van der Waals surface area contributed by atoms with E-state index in [2.05, 4.69) is 5.32 Å². The summed E-state index contributed by atoms with van der Waals surface area (Å²) in [5, 5.41) is 2.80. The number of amides is 2. The zero-order valence-corrected chi connectivity index (χ0v) is 13.2. The molecule has 5 nitrogen and oxygen atoms in total. The zero-order valence-electron chi connectivity index (χ0n) is 12.5. The van der Waals surface area contributed by atoms with Gasteiger partial charge in [0.15, 0.2) is 0 Å². The number of likely N-dealkylation sites (N-methyl/N-ethyl adjacent to an activating group) is 2. The minimum Gasteiger partial charge on any atom is -0.348 e. The molecule has 1 rings (SSSR count). The monoisotopic (exact) mass is 315 g/mol. The Morgan fingerprint density at radius 3 is 2.52 bits per heavy atom. The lowest BCUT2D eigenvalue weighted by Gasteiger charge is -2.24. The molecule has 0 aliphatic carbocycles. The first-order valence-corrected chi connectivity index (χ1v) is 6.76. The Kier molecular flexibility index (Phi) is 6.11. The highest BCUT2D eigenvalue weighted by molar-refractivity contribution is 6.30. The standard InChI is InChI=1S/C14H19ClFN3O2/c1-9(19(4)8-13(20)18(2)3)14(21)17-12-7-10(15)5-6-11(12)16/h5-7,9H,8H2,1-4H3,(H,17,21). The molecular weight excluding hydrogens is 297 g/mol. The minimum absolute atomic E-state index is 0.0201. The lowest BCUT2D eigenvalue weighted by molar-refractivity contribution is -0.131. The molecule has 0 heterocycles. The molecule has 0 saturated heterocycles. The predicted octanol–water partition coefficient (Wildman–Crippen LogP) is 1.83. The zero-order chi connectivity index (χ0) is 16.2. The first-order valence-electron chi connectivity index (χ1n) is 6.38. The first kappa shape index (κ1) is 17.4. The third-order valence-corrected chi connectivity index (χ3v) is 3.35. The maximum Gasteiger partial charge on any atom is 0.241 e. The maximum absolute atomic E-state index is 13.6. The van der Waals surface area contributed by atoms with Crippen molar-refractivity contribution in [3.63, 3.8) is 0 Å². The van der Waals surface area contributed by atoms with Crippen molar-refractivity contribution in [2.24, 2.45) is 0 Å². The number of nitrogens with one attached hydrogen (secondary N) is 1. The normalized spacial score (nSPS) is 12.1. The Morgan fingerprint density at radius 2 is 1.95 bits per heavy atom. The van der Waals surface area contributed by atoms with E-state index in [1.54, 1.807) is 33.0 Å². The molecule has 2 amide bonds. The molecule has 0 aliphatic heterocycles. The maximum atomic E-state index is 13.6. The fourth-order valence-electron chi connectivity index (χ4n) is 1.52. The highest BCUT2D eigenvalue weighted by Crippen LogP contribution is 2.19. The van der Waals surface area contributed by atoms with Crippen molar-refractivity contribution < 1.29 is 14.0 Å². The van der Waals surface area contributed by atoms with Crippen LogP contribution in [0.15, 0.2) is 18.2 Å². The van der Waals surface area contributed by atoms with Gasteiger partial charge in [0.05, 0.1) is 18.3 Å². The third kappa shape index (κ3) is 4.99. The van der Waals surface area contributed by atoms with Crippen LogP contribution in [0.5, 0.6) is 0 Å². The van der Waals surface area contributed by atoms with Crippen LogP contribution in [0.2, 0.25) is 5.02 Å². The molecular formula is C14H19ClFN3O2. The van der Waals surface area contributed by atoms with Crippen molar-refractivity contribution in [2.45, 2.75) is 13.0 Å². The van der Waals surface area contributed by atoms with E-state index in [0.29, 0.717) is 5.02 Å². The Balaban J connectivity index is 2.70. The second-order valence-electron chi connectivity index (χ2n) is 4.99. The van der Waals surface area contributed by atoms with Gasteiger partial charge < -0.3 is 10.2 Å². The Labute approximate surface area is 128 Å². The van der Waals surface area contributed by atoms with Crippen molar-refractivity contribution in [3.8, 4) is 0 Å². The second kappa shape index (κ2) is 7.38. The molecule has 0 spiro atoms. The van der Waals surface area contributed by atoms with Crippen LogP contribution in [-0.4, -0.2) is 55.3 Å². The van der Waals surface area contributed by atoms with E-state index in [0.717, 1.165) is 0 Å². The fourth-order valence-corrected chi connectivity index (χ4v) is 1.69. The lowest BCUT2D eigenvalue weighted by Crippen LogP contribution is -2.44. The average Bonchev–Trinajstić information content (AvgIpc) is 2.41. The Hall–Kier alpha value is -1.66. The predicted molar refractivity (Wildman–Crippen MR) is 80.8 cm³/mol. The number of halogens is 2. The van der Waals surface area contributed by atoms with E-state index < -0.39 is 17.8 Å². The molecule has 0 aliphatic rings. The summed E-state index contributed by atoms with van der Waals surface area (Å²) in [6, 6.07) is 3.33. The van der Waals surface area contributed by atoms with Gasteiger partial charge in [0, 0.05) is 19.1 Å². The van der Waals surface area contributed by atoms with E-state index in [4.69, 9.17) is 11.6 Å². The number of anilines is 1. The van der Waals surface area contributed by atoms with Crippen LogP contribution in [0.4, 0.5) is 10.1 Å². The highest BCUT2D eigenvalue weighted by atomic mass is 35.5. The molecule has 7 heteroatoms. The summed E-state index contributed by atoms with van der Waals surface area (Å²) >= 11 is 5.77. The summed E-state index contributed by atoms with van der Waals surface area (Å²) < 4.78 is 13.6. The third-order valence-electron chi connectivity index (χ3n) is 3.11. The number of hydrogen-bond acceptors (Lipinski definition) is 3. The molecule has 0 bridgehead atoms. The van der Waals surface area contributed by atoms with Crippen molar-refractivity contribution in [1.82, 2.24) is 9.80 Å². The van der Waals surface area contributed by atoms with Gasteiger partial charge in [0.25, 0.3) is 0 Å². The lowest BCUT2D eigenvalue weighted by atomic mass is 10.2. The Bertz CT molecular complexity index is 537. The molecule has 1 N–H and O–H groups in total. The SMILES string of the molecule is CC(C(=O)Nc1cc(Cl)ccc1F)N(C)CC(=O)N(C)C. The molecule has 0 fully saturated rings. The van der Waals surface area contributed by atoms with Crippen LogP contribution in [-0.2, 0) is 9.59 Å². The average molecular weight is 316 g/mol. The molecule has 0 saturated carbocycles. The van der Waals surface area contributed by atoms with Gasteiger partial charge in [-0.25, -0.2) is 4.39 Å². The molecule has 1 aromatic carbocycles. The van der Waals surface area contributed by atoms with Crippen LogP contribution < -0.4 is 5.32 Å². The van der Waals surface area contributed by atoms with Gasteiger partial charge in [0.2, 0.25) is 11.8 Å². The fraction of sp³-hybridized carbons (Fsp3) is 0.429. The van der Waals surface area contributed by atoms with Crippen molar-refractivity contribution in [3.05, 3.63) is 29.0 Å². The van der Waals surface area contributed by atoms with E-state index in [-0.39, 0.29) is 18.1 Å². The van der Waals surface area contributed by atoms with Gasteiger partial charge in [-0.3, -0.25) is 14.5 Å². The number of carbonyl (C=O) groups is 2. The van der Waals surface area contributed by atoms with E-state index in [1.807, 2.05) is 0 Å². The number of rotatable bonds is 5.